The number of alkyl halides is 6. The standard InChI is InChI=1S/C22H14F6N4O2/c23-21(24,25)14-5-3-12(4-6-14)16-8-15-17(10-30-16)31-19(13-2-1-7-29-9-13)32(20(15)34)11-18(33)22(26,27)28/h1-10,18,33H,11H2. The number of benzene rings is 1. The fraction of sp³-hybridized carbons (Fsp3) is 0.182. The van der Waals surface area contributed by atoms with Crippen LogP contribution in [-0.4, -0.2) is 36.9 Å². The Kier molecular flexibility index (Phi) is 5.86. The second-order valence-electron chi connectivity index (χ2n) is 7.31. The number of aliphatic hydroxyl groups excluding tert-OH is 1. The Labute approximate surface area is 187 Å². The predicted molar refractivity (Wildman–Crippen MR) is 110 cm³/mol. The van der Waals surface area contributed by atoms with Crippen LogP contribution < -0.4 is 5.56 Å². The monoisotopic (exact) mass is 480 g/mol. The first-order chi connectivity index (χ1) is 15.9. The molecule has 0 aliphatic heterocycles. The highest BCUT2D eigenvalue weighted by Crippen LogP contribution is 2.31. The Morgan fingerprint density at radius 2 is 1.68 bits per heavy atom. The van der Waals surface area contributed by atoms with E-state index in [2.05, 4.69) is 15.0 Å². The number of rotatable bonds is 4. The van der Waals surface area contributed by atoms with Crippen molar-refractivity contribution in [3.8, 4) is 22.6 Å². The van der Waals surface area contributed by atoms with Crippen molar-refractivity contribution in [3.05, 3.63) is 77.0 Å². The predicted octanol–water partition coefficient (Wildman–Crippen LogP) is 4.46. The molecule has 1 atom stereocenters. The van der Waals surface area contributed by atoms with Gasteiger partial charge >= 0.3 is 12.4 Å². The molecule has 4 rings (SSSR count). The Balaban J connectivity index is 1.87. The minimum absolute atomic E-state index is 0.0530. The highest BCUT2D eigenvalue weighted by atomic mass is 19.4. The Morgan fingerprint density at radius 3 is 2.26 bits per heavy atom. The summed E-state index contributed by atoms with van der Waals surface area (Å²) in [5.41, 5.74) is -1.09. The van der Waals surface area contributed by atoms with Gasteiger partial charge in [0.2, 0.25) is 0 Å². The zero-order chi connectivity index (χ0) is 24.7. The van der Waals surface area contributed by atoms with Crippen LogP contribution in [0.4, 0.5) is 26.3 Å². The molecule has 0 saturated heterocycles. The molecular weight excluding hydrogens is 466 g/mol. The highest BCUT2D eigenvalue weighted by molar-refractivity contribution is 5.83. The number of fused-ring (bicyclic) bond motifs is 1. The van der Waals surface area contributed by atoms with Crippen LogP contribution >= 0.6 is 0 Å². The summed E-state index contributed by atoms with van der Waals surface area (Å²) in [6.07, 6.45) is -8.42. The third-order valence-corrected chi connectivity index (χ3v) is 5.00. The van der Waals surface area contributed by atoms with Crippen molar-refractivity contribution in [2.24, 2.45) is 0 Å². The van der Waals surface area contributed by atoms with Gasteiger partial charge in [0.15, 0.2) is 6.10 Å². The first-order valence-corrected chi connectivity index (χ1v) is 9.68. The lowest BCUT2D eigenvalue weighted by molar-refractivity contribution is -0.207. The molecule has 0 radical (unpaired) electrons. The number of aromatic nitrogens is 4. The van der Waals surface area contributed by atoms with Gasteiger partial charge in [-0.2, -0.15) is 26.3 Å². The van der Waals surface area contributed by atoms with Crippen molar-refractivity contribution in [1.82, 2.24) is 19.5 Å². The topological polar surface area (TPSA) is 80.9 Å². The van der Waals surface area contributed by atoms with E-state index in [1.165, 1.54) is 48.9 Å². The molecule has 0 saturated carbocycles. The quantitative estimate of drug-likeness (QED) is 0.437. The second-order valence-corrected chi connectivity index (χ2v) is 7.31. The molecule has 12 heteroatoms. The Morgan fingerprint density at radius 1 is 0.971 bits per heavy atom. The molecule has 0 aliphatic carbocycles. The number of hydrogen-bond acceptors (Lipinski definition) is 5. The maximum atomic E-state index is 13.2. The number of aliphatic hydroxyl groups is 1. The minimum atomic E-state index is -4.98. The van der Waals surface area contributed by atoms with Gasteiger partial charge in [-0.3, -0.25) is 19.3 Å². The molecule has 1 unspecified atom stereocenters. The molecule has 34 heavy (non-hydrogen) atoms. The van der Waals surface area contributed by atoms with Crippen LogP contribution in [0, 0.1) is 0 Å². The molecular formula is C22H14F6N4O2. The molecule has 0 aliphatic rings. The summed E-state index contributed by atoms with van der Waals surface area (Å²) in [6, 6.07) is 8.26. The van der Waals surface area contributed by atoms with E-state index >= 15 is 0 Å². The number of halogens is 6. The minimum Gasteiger partial charge on any atom is -0.382 e. The van der Waals surface area contributed by atoms with Crippen molar-refractivity contribution in [2.45, 2.75) is 25.0 Å². The van der Waals surface area contributed by atoms with Crippen molar-refractivity contribution in [2.75, 3.05) is 0 Å². The molecule has 3 aromatic heterocycles. The summed E-state index contributed by atoms with van der Waals surface area (Å²) in [4.78, 5) is 25.5. The fourth-order valence-corrected chi connectivity index (χ4v) is 3.27. The van der Waals surface area contributed by atoms with Gasteiger partial charge in [-0.1, -0.05) is 12.1 Å². The van der Waals surface area contributed by atoms with Crippen molar-refractivity contribution in [1.29, 1.82) is 0 Å². The molecule has 0 amide bonds. The number of nitrogens with zero attached hydrogens (tertiary/aromatic N) is 4. The molecule has 6 nitrogen and oxygen atoms in total. The highest BCUT2D eigenvalue weighted by Gasteiger charge is 2.39. The lowest BCUT2D eigenvalue weighted by Gasteiger charge is -2.19. The lowest BCUT2D eigenvalue weighted by Crippen LogP contribution is -2.37. The van der Waals surface area contributed by atoms with E-state index in [0.29, 0.717) is 4.57 Å². The molecule has 0 fully saturated rings. The molecule has 1 N–H and O–H groups in total. The van der Waals surface area contributed by atoms with Gasteiger partial charge in [-0.05, 0) is 30.3 Å². The molecule has 4 aromatic rings. The maximum Gasteiger partial charge on any atom is 0.416 e. The number of pyridine rings is 2. The van der Waals surface area contributed by atoms with E-state index in [1.807, 2.05) is 0 Å². The fourth-order valence-electron chi connectivity index (χ4n) is 3.27. The van der Waals surface area contributed by atoms with Gasteiger partial charge in [0.25, 0.3) is 5.56 Å². The average molecular weight is 480 g/mol. The Bertz CT molecular complexity index is 1380. The second kappa shape index (κ2) is 8.52. The molecule has 176 valence electrons. The van der Waals surface area contributed by atoms with Crippen LogP contribution in [0.25, 0.3) is 33.5 Å². The first kappa shape index (κ1) is 23.4. The third-order valence-electron chi connectivity index (χ3n) is 5.00. The average Bonchev–Trinajstić information content (AvgIpc) is 2.80. The van der Waals surface area contributed by atoms with Gasteiger partial charge in [0.05, 0.1) is 34.9 Å². The van der Waals surface area contributed by atoms with Crippen LogP contribution in [0.3, 0.4) is 0 Å². The van der Waals surface area contributed by atoms with E-state index < -0.39 is 36.1 Å². The number of hydrogen-bond donors (Lipinski definition) is 1. The summed E-state index contributed by atoms with van der Waals surface area (Å²) >= 11 is 0. The van der Waals surface area contributed by atoms with Crippen LogP contribution in [0.1, 0.15) is 5.56 Å². The summed E-state index contributed by atoms with van der Waals surface area (Å²) in [6.45, 7) is -1.12. The molecule has 3 heterocycles. The zero-order valence-corrected chi connectivity index (χ0v) is 17.0. The molecule has 0 spiro atoms. The molecule has 0 bridgehead atoms. The van der Waals surface area contributed by atoms with Crippen molar-refractivity contribution < 1.29 is 31.4 Å². The van der Waals surface area contributed by atoms with Crippen LogP contribution in [0.5, 0.6) is 0 Å². The van der Waals surface area contributed by atoms with E-state index in [1.54, 1.807) is 0 Å². The normalized spacial score (nSPS) is 13.3. The van der Waals surface area contributed by atoms with Gasteiger partial charge in [0.1, 0.15) is 5.82 Å². The third kappa shape index (κ3) is 4.62. The van der Waals surface area contributed by atoms with Crippen LogP contribution in [0.15, 0.2) is 65.8 Å². The van der Waals surface area contributed by atoms with Crippen molar-refractivity contribution >= 4 is 10.9 Å². The summed E-state index contributed by atoms with van der Waals surface area (Å²) in [5, 5.41) is 9.48. The Hall–Kier alpha value is -3.80. The zero-order valence-electron chi connectivity index (χ0n) is 17.0. The van der Waals surface area contributed by atoms with Gasteiger partial charge in [-0.15, -0.1) is 0 Å². The largest absolute Gasteiger partial charge is 0.416 e. The summed E-state index contributed by atoms with van der Waals surface area (Å²) < 4.78 is 78.2. The van der Waals surface area contributed by atoms with Crippen LogP contribution in [-0.2, 0) is 12.7 Å². The maximum absolute atomic E-state index is 13.2. The van der Waals surface area contributed by atoms with Crippen molar-refractivity contribution in [3.63, 3.8) is 0 Å². The first-order valence-electron chi connectivity index (χ1n) is 9.68. The smallest absolute Gasteiger partial charge is 0.382 e. The van der Waals surface area contributed by atoms with E-state index in [9.17, 15) is 36.2 Å². The van der Waals surface area contributed by atoms with Crippen LogP contribution in [0.2, 0.25) is 0 Å². The summed E-state index contributed by atoms with van der Waals surface area (Å²) in [5.74, 6) is -0.155. The SMILES string of the molecule is O=c1c2cc(-c3ccc(C(F)(F)F)cc3)ncc2nc(-c2cccnc2)n1CC(O)C(F)(F)F. The summed E-state index contributed by atoms with van der Waals surface area (Å²) in [7, 11) is 0. The van der Waals surface area contributed by atoms with Gasteiger partial charge in [0, 0.05) is 23.5 Å². The van der Waals surface area contributed by atoms with E-state index in [-0.39, 0.29) is 33.5 Å². The molecule has 1 aromatic carbocycles. The van der Waals surface area contributed by atoms with Gasteiger partial charge in [-0.25, -0.2) is 4.98 Å². The van der Waals surface area contributed by atoms with E-state index in [4.69, 9.17) is 0 Å². The lowest BCUT2D eigenvalue weighted by atomic mass is 10.1. The van der Waals surface area contributed by atoms with Gasteiger partial charge < -0.3 is 5.11 Å². The van der Waals surface area contributed by atoms with E-state index in [0.717, 1.165) is 12.1 Å².